The maximum atomic E-state index is 13.5. The first kappa shape index (κ1) is 25.9. The minimum Gasteiger partial charge on any atom is -0.462 e. The molecule has 1 saturated carbocycles. The van der Waals surface area contributed by atoms with E-state index in [9.17, 15) is 9.59 Å². The van der Waals surface area contributed by atoms with Crippen LogP contribution in [0.4, 0.5) is 0 Å². The number of carbonyl (C=O) groups is 2. The van der Waals surface area contributed by atoms with Crippen LogP contribution in [0.25, 0.3) is 0 Å². The lowest BCUT2D eigenvalue weighted by molar-refractivity contribution is -0.145. The molecule has 2 rings (SSSR count). The van der Waals surface area contributed by atoms with Crippen molar-refractivity contribution in [3.63, 3.8) is 0 Å². The first-order valence-corrected chi connectivity index (χ1v) is 12.7. The fourth-order valence-corrected chi connectivity index (χ4v) is 6.52. The van der Waals surface area contributed by atoms with Crippen LogP contribution in [0.1, 0.15) is 100 Å². The smallest absolute Gasteiger partial charge is 0.335 e. The number of unbranched alkanes of at least 4 members (excludes halogenated alkanes) is 2. The summed E-state index contributed by atoms with van der Waals surface area (Å²) in [6.45, 7) is 18.4. The summed E-state index contributed by atoms with van der Waals surface area (Å²) in [4.78, 5) is 27.1. The molecule has 178 valence electrons. The Hall–Kier alpha value is -1.32. The highest BCUT2D eigenvalue weighted by Gasteiger charge is 2.69. The number of rotatable bonds is 12. The summed E-state index contributed by atoms with van der Waals surface area (Å²) in [7, 11) is 0. The Balaban J connectivity index is 2.64. The molecule has 0 spiro atoms. The van der Waals surface area contributed by atoms with Gasteiger partial charge in [-0.05, 0) is 55.8 Å². The monoisotopic (exact) mass is 434 g/mol. The van der Waals surface area contributed by atoms with E-state index in [0.29, 0.717) is 48.0 Å². The van der Waals surface area contributed by atoms with Crippen molar-refractivity contribution in [1.29, 1.82) is 0 Å². The molecule has 0 heterocycles. The zero-order valence-electron chi connectivity index (χ0n) is 21.3. The van der Waals surface area contributed by atoms with Crippen molar-refractivity contribution in [2.75, 3.05) is 13.2 Å². The first-order chi connectivity index (χ1) is 14.6. The summed E-state index contributed by atoms with van der Waals surface area (Å²) in [5, 5.41) is 0. The number of esters is 2. The van der Waals surface area contributed by atoms with Crippen molar-refractivity contribution in [3.8, 4) is 0 Å². The summed E-state index contributed by atoms with van der Waals surface area (Å²) >= 11 is 0. The molecular formula is C27H46O4. The van der Waals surface area contributed by atoms with Crippen LogP contribution in [0.2, 0.25) is 0 Å². The predicted molar refractivity (Wildman–Crippen MR) is 125 cm³/mol. The van der Waals surface area contributed by atoms with Gasteiger partial charge < -0.3 is 9.47 Å². The van der Waals surface area contributed by atoms with E-state index in [0.717, 1.165) is 44.9 Å². The summed E-state index contributed by atoms with van der Waals surface area (Å²) in [6, 6.07) is 0. The standard InChI is InChI=1S/C27H46O4/c1-9-11-13-30-24(28)22-23(25(29)31-14-12-10-2)27(16-19(5)6)17-26(22,15-18(3)4)20(7)21(27)8/h18-21H,9-17H2,1-8H3. The minimum absolute atomic E-state index is 0.277. The molecule has 0 saturated heterocycles. The molecule has 31 heavy (non-hydrogen) atoms. The van der Waals surface area contributed by atoms with Crippen molar-refractivity contribution < 1.29 is 19.1 Å². The van der Waals surface area contributed by atoms with Crippen molar-refractivity contribution >= 4 is 11.9 Å². The van der Waals surface area contributed by atoms with Crippen LogP contribution in [-0.4, -0.2) is 25.2 Å². The quantitative estimate of drug-likeness (QED) is 0.252. The van der Waals surface area contributed by atoms with E-state index in [2.05, 4.69) is 55.4 Å². The van der Waals surface area contributed by atoms with Crippen molar-refractivity contribution in [1.82, 2.24) is 0 Å². The van der Waals surface area contributed by atoms with Gasteiger partial charge in [-0.25, -0.2) is 9.59 Å². The molecule has 0 aromatic heterocycles. The molecule has 0 aliphatic heterocycles. The zero-order valence-corrected chi connectivity index (χ0v) is 21.3. The lowest BCUT2D eigenvalue weighted by Crippen LogP contribution is -2.40. The Morgan fingerprint density at radius 1 is 0.806 bits per heavy atom. The molecule has 0 radical (unpaired) electrons. The Labute approximate surface area is 190 Å². The molecule has 1 fully saturated rings. The van der Waals surface area contributed by atoms with Gasteiger partial charge in [0.1, 0.15) is 0 Å². The molecule has 4 nitrogen and oxygen atoms in total. The molecule has 4 atom stereocenters. The number of carbonyl (C=O) groups excluding carboxylic acids is 2. The van der Waals surface area contributed by atoms with Crippen LogP contribution >= 0.6 is 0 Å². The molecule has 4 unspecified atom stereocenters. The van der Waals surface area contributed by atoms with Gasteiger partial charge in [0.05, 0.1) is 24.4 Å². The highest BCUT2D eigenvalue weighted by atomic mass is 16.5. The lowest BCUT2D eigenvalue weighted by Gasteiger charge is -2.42. The molecule has 0 aromatic rings. The van der Waals surface area contributed by atoms with Crippen LogP contribution in [0.5, 0.6) is 0 Å². The summed E-state index contributed by atoms with van der Waals surface area (Å²) < 4.78 is 11.5. The van der Waals surface area contributed by atoms with E-state index < -0.39 is 0 Å². The number of hydrogen-bond acceptors (Lipinski definition) is 4. The zero-order chi connectivity index (χ0) is 23.4. The van der Waals surface area contributed by atoms with E-state index >= 15 is 0 Å². The Morgan fingerprint density at radius 3 is 1.45 bits per heavy atom. The molecule has 2 bridgehead atoms. The van der Waals surface area contributed by atoms with Gasteiger partial charge >= 0.3 is 11.9 Å². The minimum atomic E-state index is -0.301. The van der Waals surface area contributed by atoms with Gasteiger partial charge in [0, 0.05) is 10.8 Å². The molecule has 0 amide bonds. The van der Waals surface area contributed by atoms with Gasteiger partial charge in [0.25, 0.3) is 0 Å². The molecule has 2 aliphatic rings. The Kier molecular flexibility index (Phi) is 8.81. The van der Waals surface area contributed by atoms with Crippen molar-refractivity contribution in [2.45, 2.75) is 100 Å². The molecular weight excluding hydrogens is 388 g/mol. The van der Waals surface area contributed by atoms with E-state index in [1.165, 1.54) is 0 Å². The maximum absolute atomic E-state index is 13.5. The number of hydrogen-bond donors (Lipinski definition) is 0. The van der Waals surface area contributed by atoms with Crippen LogP contribution in [0.15, 0.2) is 11.1 Å². The van der Waals surface area contributed by atoms with E-state index in [1.54, 1.807) is 0 Å². The SMILES string of the molecule is CCCCOC(=O)C1=C(C(=O)OCCCC)C2(CC(C)C)CC1(CC(C)C)C(C)C2C. The topological polar surface area (TPSA) is 52.6 Å². The molecule has 2 aliphatic carbocycles. The van der Waals surface area contributed by atoms with Crippen molar-refractivity contribution in [3.05, 3.63) is 11.1 Å². The van der Waals surface area contributed by atoms with Crippen LogP contribution < -0.4 is 0 Å². The average molecular weight is 435 g/mol. The maximum Gasteiger partial charge on any atom is 0.335 e. The normalized spacial score (nSPS) is 29.9. The molecule has 0 N–H and O–H groups in total. The highest BCUT2D eigenvalue weighted by Crippen LogP contribution is 2.73. The van der Waals surface area contributed by atoms with Crippen molar-refractivity contribution in [2.24, 2.45) is 34.5 Å². The van der Waals surface area contributed by atoms with E-state index in [4.69, 9.17) is 9.47 Å². The van der Waals surface area contributed by atoms with Crippen LogP contribution in [0, 0.1) is 34.5 Å². The van der Waals surface area contributed by atoms with Crippen LogP contribution in [0.3, 0.4) is 0 Å². The molecule has 0 aromatic carbocycles. The number of fused-ring (bicyclic) bond motifs is 2. The second-order valence-electron chi connectivity index (χ2n) is 11.0. The van der Waals surface area contributed by atoms with E-state index in [-0.39, 0.29) is 22.8 Å². The Bertz CT molecular complexity index is 621. The first-order valence-electron chi connectivity index (χ1n) is 12.7. The van der Waals surface area contributed by atoms with Gasteiger partial charge in [-0.3, -0.25) is 0 Å². The van der Waals surface area contributed by atoms with Gasteiger partial charge in [-0.1, -0.05) is 68.2 Å². The van der Waals surface area contributed by atoms with Crippen LogP contribution in [-0.2, 0) is 19.1 Å². The third kappa shape index (κ3) is 4.88. The van der Waals surface area contributed by atoms with E-state index in [1.807, 2.05) is 0 Å². The van der Waals surface area contributed by atoms with Gasteiger partial charge in [-0.15, -0.1) is 0 Å². The van der Waals surface area contributed by atoms with Gasteiger partial charge in [0.15, 0.2) is 0 Å². The van der Waals surface area contributed by atoms with Gasteiger partial charge in [0.2, 0.25) is 0 Å². The lowest BCUT2D eigenvalue weighted by atomic mass is 9.61. The predicted octanol–water partition coefficient (Wildman–Crippen LogP) is 6.72. The third-order valence-corrected chi connectivity index (χ3v) is 7.79. The molecule has 4 heteroatoms. The van der Waals surface area contributed by atoms with Gasteiger partial charge in [-0.2, -0.15) is 0 Å². The number of ether oxygens (including phenoxy) is 2. The highest BCUT2D eigenvalue weighted by molar-refractivity contribution is 6.04. The second kappa shape index (κ2) is 10.5. The summed E-state index contributed by atoms with van der Waals surface area (Å²) in [5.41, 5.74) is 0.713. The summed E-state index contributed by atoms with van der Waals surface area (Å²) in [6.07, 6.45) is 6.31. The third-order valence-electron chi connectivity index (χ3n) is 7.79. The second-order valence-corrected chi connectivity index (χ2v) is 11.0. The fraction of sp³-hybridized carbons (Fsp3) is 0.852. The Morgan fingerprint density at radius 2 is 1.16 bits per heavy atom. The summed E-state index contributed by atoms with van der Waals surface area (Å²) in [5.74, 6) is 0.961. The fourth-order valence-electron chi connectivity index (χ4n) is 6.52. The average Bonchev–Trinajstić information content (AvgIpc) is 3.06. The largest absolute Gasteiger partial charge is 0.462 e.